The Morgan fingerprint density at radius 2 is 2.36 bits per heavy atom. The van der Waals surface area contributed by atoms with Crippen molar-refractivity contribution in [2.75, 3.05) is 0 Å². The summed E-state index contributed by atoms with van der Waals surface area (Å²) in [5.74, 6) is 0. The lowest BCUT2D eigenvalue weighted by Crippen LogP contribution is -1.80. The first-order valence-corrected chi connectivity index (χ1v) is 3.30. The Balaban J connectivity index is 2.46. The van der Waals surface area contributed by atoms with Crippen molar-refractivity contribution < 1.29 is 0 Å². The average molecular weight is 144 g/mol. The molecule has 2 rings (SSSR count). The fourth-order valence-corrected chi connectivity index (χ4v) is 0.864. The molecule has 0 aromatic carbocycles. The molecule has 2 aromatic heterocycles. The Morgan fingerprint density at radius 1 is 1.36 bits per heavy atom. The summed E-state index contributed by atoms with van der Waals surface area (Å²) in [5, 5.41) is 6.63. The van der Waals surface area contributed by atoms with Gasteiger partial charge < -0.3 is 0 Å². The van der Waals surface area contributed by atoms with Crippen LogP contribution in [-0.4, -0.2) is 15.2 Å². The monoisotopic (exact) mass is 144 g/mol. The van der Waals surface area contributed by atoms with Crippen molar-refractivity contribution in [1.29, 1.82) is 0 Å². The molecule has 0 bridgehead atoms. The van der Waals surface area contributed by atoms with Crippen LogP contribution in [0.3, 0.4) is 0 Å². The lowest BCUT2D eigenvalue weighted by Gasteiger charge is -1.90. The van der Waals surface area contributed by atoms with Gasteiger partial charge in [-0.1, -0.05) is 6.07 Å². The van der Waals surface area contributed by atoms with Crippen LogP contribution in [0.1, 0.15) is 0 Å². The zero-order valence-corrected chi connectivity index (χ0v) is 5.78. The first-order chi connectivity index (χ1) is 5.47. The zero-order chi connectivity index (χ0) is 7.52. The quantitative estimate of drug-likeness (QED) is 0.654. The van der Waals surface area contributed by atoms with Crippen molar-refractivity contribution in [2.45, 2.75) is 0 Å². The molecule has 0 fully saturated rings. The number of pyridine rings is 1. The van der Waals surface area contributed by atoms with Crippen LogP contribution in [0.4, 0.5) is 0 Å². The zero-order valence-electron chi connectivity index (χ0n) is 5.78. The highest BCUT2D eigenvalue weighted by molar-refractivity contribution is 5.51. The van der Waals surface area contributed by atoms with E-state index in [1.54, 1.807) is 12.4 Å². The van der Waals surface area contributed by atoms with Crippen molar-refractivity contribution in [3.05, 3.63) is 36.7 Å². The number of aromatic nitrogens is 3. The van der Waals surface area contributed by atoms with Gasteiger partial charge in [-0.25, -0.2) is 0 Å². The van der Waals surface area contributed by atoms with E-state index in [9.17, 15) is 0 Å². The minimum atomic E-state index is 0.755. The maximum absolute atomic E-state index is 4.11. The highest BCUT2D eigenvalue weighted by Gasteiger charge is 1.97. The van der Waals surface area contributed by atoms with Gasteiger partial charge in [0, 0.05) is 18.5 Å². The van der Waals surface area contributed by atoms with E-state index < -0.39 is 0 Å². The maximum Gasteiger partial charge on any atom is 0.118 e. The summed E-state index contributed by atoms with van der Waals surface area (Å²) in [6, 6.07) is 8.61. The van der Waals surface area contributed by atoms with Crippen molar-refractivity contribution in [3.63, 3.8) is 0 Å². The topological polar surface area (TPSA) is 41.6 Å². The molecule has 53 valence electrons. The largest absolute Gasteiger partial charge is 0.284 e. The van der Waals surface area contributed by atoms with E-state index in [1.807, 2.05) is 18.2 Å². The van der Waals surface area contributed by atoms with Crippen LogP contribution in [0, 0.1) is 6.07 Å². The van der Waals surface area contributed by atoms with Gasteiger partial charge in [-0.05, 0) is 12.1 Å². The molecule has 3 heteroatoms. The average Bonchev–Trinajstić information content (AvgIpc) is 2.58. The molecule has 0 aliphatic heterocycles. The van der Waals surface area contributed by atoms with E-state index in [-0.39, 0.29) is 0 Å². The van der Waals surface area contributed by atoms with E-state index >= 15 is 0 Å². The van der Waals surface area contributed by atoms with Gasteiger partial charge in [0.25, 0.3) is 0 Å². The van der Waals surface area contributed by atoms with E-state index in [1.165, 1.54) is 0 Å². The number of nitrogens with zero attached hydrogens (tertiary/aromatic N) is 2. The van der Waals surface area contributed by atoms with E-state index in [0.29, 0.717) is 0 Å². The number of H-pyrrole nitrogens is 1. The third-order valence-corrected chi connectivity index (χ3v) is 1.36. The second kappa shape index (κ2) is 2.54. The van der Waals surface area contributed by atoms with Crippen LogP contribution in [0.2, 0.25) is 0 Å². The molecule has 0 unspecified atom stereocenters. The lowest BCUT2D eigenvalue weighted by molar-refractivity contribution is 1.09. The molecular formula is C8H6N3. The molecular weight excluding hydrogens is 138 g/mol. The summed E-state index contributed by atoms with van der Waals surface area (Å²) in [6.07, 6.45) is 3.39. The molecule has 2 aromatic rings. The number of aromatic amines is 1. The standard InChI is InChI=1S/C8H6N3/c1-2-5-9-7(3-1)8-4-6-10-11-8/h1-3,5-6H,(H,10,11). The van der Waals surface area contributed by atoms with Crippen molar-refractivity contribution in [3.8, 4) is 11.4 Å². The molecule has 2 heterocycles. The Bertz CT molecular complexity index is 312. The minimum absolute atomic E-state index is 0.755. The first kappa shape index (κ1) is 6.09. The summed E-state index contributed by atoms with van der Waals surface area (Å²) in [4.78, 5) is 4.11. The molecule has 1 radical (unpaired) electrons. The highest BCUT2D eigenvalue weighted by Crippen LogP contribution is 2.09. The van der Waals surface area contributed by atoms with Gasteiger partial charge in [0.2, 0.25) is 0 Å². The summed E-state index contributed by atoms with van der Waals surface area (Å²) in [6.45, 7) is 0. The minimum Gasteiger partial charge on any atom is -0.284 e. The Kier molecular flexibility index (Phi) is 1.41. The highest BCUT2D eigenvalue weighted by atomic mass is 15.1. The van der Waals surface area contributed by atoms with Crippen LogP contribution in [0.5, 0.6) is 0 Å². The van der Waals surface area contributed by atoms with Gasteiger partial charge in [-0.3, -0.25) is 10.1 Å². The smallest absolute Gasteiger partial charge is 0.118 e. The van der Waals surface area contributed by atoms with Crippen molar-refractivity contribution >= 4 is 0 Å². The van der Waals surface area contributed by atoms with Crippen LogP contribution >= 0.6 is 0 Å². The predicted molar refractivity (Wildman–Crippen MR) is 40.7 cm³/mol. The van der Waals surface area contributed by atoms with E-state index in [0.717, 1.165) is 11.4 Å². The molecule has 11 heavy (non-hydrogen) atoms. The number of rotatable bonds is 1. The van der Waals surface area contributed by atoms with Gasteiger partial charge in [-0.15, -0.1) is 0 Å². The third-order valence-electron chi connectivity index (χ3n) is 1.36. The van der Waals surface area contributed by atoms with Gasteiger partial charge >= 0.3 is 0 Å². The fourth-order valence-electron chi connectivity index (χ4n) is 0.864. The third kappa shape index (κ3) is 1.12. The number of nitrogens with one attached hydrogen (secondary N) is 1. The summed E-state index contributed by atoms with van der Waals surface area (Å²) in [5.41, 5.74) is 1.60. The normalized spacial score (nSPS) is 9.82. The van der Waals surface area contributed by atoms with Crippen molar-refractivity contribution in [2.24, 2.45) is 0 Å². The van der Waals surface area contributed by atoms with Gasteiger partial charge in [0.1, 0.15) is 5.69 Å². The molecule has 0 saturated heterocycles. The number of hydrogen-bond donors (Lipinski definition) is 1. The summed E-state index contributed by atoms with van der Waals surface area (Å²) >= 11 is 0. The van der Waals surface area contributed by atoms with Crippen LogP contribution in [0.25, 0.3) is 11.4 Å². The molecule has 0 amide bonds. The van der Waals surface area contributed by atoms with Gasteiger partial charge in [-0.2, -0.15) is 5.10 Å². The van der Waals surface area contributed by atoms with Crippen LogP contribution in [-0.2, 0) is 0 Å². The maximum atomic E-state index is 4.11. The Morgan fingerprint density at radius 3 is 3.00 bits per heavy atom. The second-order valence-corrected chi connectivity index (χ2v) is 2.09. The molecule has 3 nitrogen and oxygen atoms in total. The fraction of sp³-hybridized carbons (Fsp3) is 0. The molecule has 1 N–H and O–H groups in total. The number of hydrogen-bond acceptors (Lipinski definition) is 2. The van der Waals surface area contributed by atoms with Crippen molar-refractivity contribution in [1.82, 2.24) is 15.2 Å². The van der Waals surface area contributed by atoms with E-state index in [4.69, 9.17) is 0 Å². The lowest BCUT2D eigenvalue weighted by atomic mass is 10.3. The Hall–Kier alpha value is -1.64. The molecule has 0 saturated carbocycles. The second-order valence-electron chi connectivity index (χ2n) is 2.09. The molecule has 0 aliphatic rings. The van der Waals surface area contributed by atoms with E-state index in [2.05, 4.69) is 21.2 Å². The molecule has 0 spiro atoms. The summed E-state index contributed by atoms with van der Waals surface area (Å²) in [7, 11) is 0. The van der Waals surface area contributed by atoms with Crippen LogP contribution < -0.4 is 0 Å². The van der Waals surface area contributed by atoms with Gasteiger partial charge in [0.15, 0.2) is 0 Å². The van der Waals surface area contributed by atoms with Gasteiger partial charge in [0.05, 0.1) is 5.69 Å². The van der Waals surface area contributed by atoms with Crippen LogP contribution in [0.15, 0.2) is 30.6 Å². The summed E-state index contributed by atoms with van der Waals surface area (Å²) < 4.78 is 0. The SMILES string of the molecule is [c]1c[nH]nc1-c1ccccn1. The predicted octanol–water partition coefficient (Wildman–Crippen LogP) is 1.27. The first-order valence-electron chi connectivity index (χ1n) is 3.30. The molecule has 0 atom stereocenters. The molecule has 0 aliphatic carbocycles. The Labute approximate surface area is 64.1 Å².